The van der Waals surface area contributed by atoms with E-state index in [-0.39, 0.29) is 18.0 Å². The van der Waals surface area contributed by atoms with Gasteiger partial charge in [0.2, 0.25) is 0 Å². The fourth-order valence-electron chi connectivity index (χ4n) is 1.69. The van der Waals surface area contributed by atoms with Crippen LogP contribution in [0.1, 0.15) is 27.4 Å². The van der Waals surface area contributed by atoms with E-state index in [0.29, 0.717) is 22.8 Å². The van der Waals surface area contributed by atoms with E-state index in [4.69, 9.17) is 14.3 Å². The Morgan fingerprint density at radius 2 is 2.11 bits per heavy atom. The van der Waals surface area contributed by atoms with Crippen LogP contribution in [0.4, 0.5) is 4.39 Å². The van der Waals surface area contributed by atoms with Crippen LogP contribution in [0.25, 0.3) is 0 Å². The van der Waals surface area contributed by atoms with E-state index < -0.39 is 5.97 Å². The standard InChI is InChI=1S/C14H13FO4/c1-8-5-10(3-4-13(8)15)18-7-11-6-12(14(16)17)9(2)19-11/h3-6H,7H2,1-2H3,(H,16,17). The van der Waals surface area contributed by atoms with Crippen molar-refractivity contribution >= 4 is 5.97 Å². The highest BCUT2D eigenvalue weighted by Crippen LogP contribution is 2.19. The van der Waals surface area contributed by atoms with Crippen LogP contribution >= 0.6 is 0 Å². The Balaban J connectivity index is 2.08. The first-order valence-electron chi connectivity index (χ1n) is 5.69. The van der Waals surface area contributed by atoms with Gasteiger partial charge in [0.25, 0.3) is 0 Å². The first kappa shape index (κ1) is 13.1. The second-order valence-electron chi connectivity index (χ2n) is 4.19. The topological polar surface area (TPSA) is 59.7 Å². The normalized spacial score (nSPS) is 10.5. The molecule has 1 heterocycles. The number of carbonyl (C=O) groups is 1. The largest absolute Gasteiger partial charge is 0.486 e. The van der Waals surface area contributed by atoms with Gasteiger partial charge in [0.15, 0.2) is 0 Å². The van der Waals surface area contributed by atoms with Gasteiger partial charge in [0.1, 0.15) is 35.3 Å². The number of hydrogen-bond donors (Lipinski definition) is 1. The van der Waals surface area contributed by atoms with Crippen LogP contribution in [-0.4, -0.2) is 11.1 Å². The third kappa shape index (κ3) is 2.93. The van der Waals surface area contributed by atoms with Crippen molar-refractivity contribution in [1.29, 1.82) is 0 Å². The van der Waals surface area contributed by atoms with Crippen LogP contribution in [0.15, 0.2) is 28.7 Å². The van der Waals surface area contributed by atoms with Gasteiger partial charge < -0.3 is 14.3 Å². The minimum absolute atomic E-state index is 0.0964. The van der Waals surface area contributed by atoms with Gasteiger partial charge in [-0.3, -0.25) is 0 Å². The smallest absolute Gasteiger partial charge is 0.339 e. The van der Waals surface area contributed by atoms with Crippen molar-refractivity contribution in [2.24, 2.45) is 0 Å². The summed E-state index contributed by atoms with van der Waals surface area (Å²) in [4.78, 5) is 10.8. The summed E-state index contributed by atoms with van der Waals surface area (Å²) in [5.41, 5.74) is 0.605. The quantitative estimate of drug-likeness (QED) is 0.920. The molecule has 4 nitrogen and oxygen atoms in total. The van der Waals surface area contributed by atoms with E-state index in [9.17, 15) is 9.18 Å². The summed E-state index contributed by atoms with van der Waals surface area (Å²) >= 11 is 0. The fourth-order valence-corrected chi connectivity index (χ4v) is 1.69. The number of aromatic carboxylic acids is 1. The van der Waals surface area contributed by atoms with Crippen molar-refractivity contribution in [3.63, 3.8) is 0 Å². The van der Waals surface area contributed by atoms with Crippen molar-refractivity contribution in [3.8, 4) is 5.75 Å². The summed E-state index contributed by atoms with van der Waals surface area (Å²) in [5.74, 6) is -0.0809. The SMILES string of the molecule is Cc1cc(OCc2cc(C(=O)O)c(C)o2)ccc1F. The Hall–Kier alpha value is -2.30. The zero-order chi connectivity index (χ0) is 14.0. The van der Waals surface area contributed by atoms with Gasteiger partial charge >= 0.3 is 5.97 Å². The molecule has 0 unspecified atom stereocenters. The zero-order valence-corrected chi connectivity index (χ0v) is 10.6. The van der Waals surface area contributed by atoms with Crippen molar-refractivity contribution in [2.75, 3.05) is 0 Å². The number of ether oxygens (including phenoxy) is 1. The van der Waals surface area contributed by atoms with Gasteiger partial charge in [0.05, 0.1) is 0 Å². The van der Waals surface area contributed by atoms with E-state index >= 15 is 0 Å². The number of carboxylic acid groups (broad SMARTS) is 1. The average Bonchev–Trinajstić information content (AvgIpc) is 2.72. The van der Waals surface area contributed by atoms with Crippen LogP contribution < -0.4 is 4.74 Å². The fraction of sp³-hybridized carbons (Fsp3) is 0.214. The summed E-state index contributed by atoms with van der Waals surface area (Å²) in [5, 5.41) is 8.89. The maximum absolute atomic E-state index is 13.1. The van der Waals surface area contributed by atoms with Gasteiger partial charge in [-0.15, -0.1) is 0 Å². The molecule has 19 heavy (non-hydrogen) atoms. The molecular formula is C14H13FO4. The summed E-state index contributed by atoms with van der Waals surface area (Å²) in [6, 6.07) is 5.83. The van der Waals surface area contributed by atoms with E-state index in [0.717, 1.165) is 0 Å². The molecule has 0 amide bonds. The van der Waals surface area contributed by atoms with Crippen molar-refractivity contribution < 1.29 is 23.4 Å². The summed E-state index contributed by atoms with van der Waals surface area (Å²) in [6.45, 7) is 3.32. The summed E-state index contributed by atoms with van der Waals surface area (Å²) < 4.78 is 23.8. The molecule has 1 N–H and O–H groups in total. The number of furan rings is 1. The highest BCUT2D eigenvalue weighted by Gasteiger charge is 2.14. The minimum atomic E-state index is -1.04. The highest BCUT2D eigenvalue weighted by molar-refractivity contribution is 5.88. The molecule has 5 heteroatoms. The lowest BCUT2D eigenvalue weighted by Gasteiger charge is -2.05. The zero-order valence-electron chi connectivity index (χ0n) is 10.6. The molecule has 0 saturated heterocycles. The second kappa shape index (κ2) is 5.14. The lowest BCUT2D eigenvalue weighted by Crippen LogP contribution is -1.96. The molecule has 0 fully saturated rings. The van der Waals surface area contributed by atoms with E-state index in [1.165, 1.54) is 18.2 Å². The number of carboxylic acids is 1. The van der Waals surface area contributed by atoms with Gasteiger partial charge in [0, 0.05) is 0 Å². The Bertz CT molecular complexity index is 616. The lowest BCUT2D eigenvalue weighted by molar-refractivity contribution is 0.0695. The van der Waals surface area contributed by atoms with Crippen LogP contribution in [0.3, 0.4) is 0 Å². The Kier molecular flexibility index (Phi) is 3.55. The maximum Gasteiger partial charge on any atom is 0.339 e. The molecule has 1 aromatic heterocycles. The molecule has 2 aromatic rings. The number of halogens is 1. The molecule has 0 bridgehead atoms. The third-order valence-corrected chi connectivity index (χ3v) is 2.71. The Labute approximate surface area is 109 Å². The molecule has 100 valence electrons. The Morgan fingerprint density at radius 3 is 2.68 bits per heavy atom. The van der Waals surface area contributed by atoms with Crippen LogP contribution in [0, 0.1) is 19.7 Å². The highest BCUT2D eigenvalue weighted by atomic mass is 19.1. The van der Waals surface area contributed by atoms with Crippen LogP contribution in [0.5, 0.6) is 5.75 Å². The van der Waals surface area contributed by atoms with Crippen molar-refractivity contribution in [1.82, 2.24) is 0 Å². The van der Waals surface area contributed by atoms with Crippen molar-refractivity contribution in [2.45, 2.75) is 20.5 Å². The molecule has 0 saturated carbocycles. The average molecular weight is 264 g/mol. The molecule has 0 spiro atoms. The van der Waals surface area contributed by atoms with Gasteiger partial charge in [-0.05, 0) is 43.7 Å². The molecule has 0 aliphatic rings. The first-order valence-corrected chi connectivity index (χ1v) is 5.69. The molecular weight excluding hydrogens is 251 g/mol. The molecule has 0 aliphatic heterocycles. The Morgan fingerprint density at radius 1 is 1.37 bits per heavy atom. The monoisotopic (exact) mass is 264 g/mol. The number of rotatable bonds is 4. The molecule has 0 aliphatic carbocycles. The molecule has 0 atom stereocenters. The predicted molar refractivity (Wildman–Crippen MR) is 65.9 cm³/mol. The minimum Gasteiger partial charge on any atom is -0.486 e. The van der Waals surface area contributed by atoms with Crippen LogP contribution in [0.2, 0.25) is 0 Å². The van der Waals surface area contributed by atoms with Crippen LogP contribution in [-0.2, 0) is 6.61 Å². The van der Waals surface area contributed by atoms with Gasteiger partial charge in [-0.1, -0.05) is 0 Å². The summed E-state index contributed by atoms with van der Waals surface area (Å²) in [6.07, 6.45) is 0. The molecule has 2 rings (SSSR count). The lowest BCUT2D eigenvalue weighted by atomic mass is 10.2. The second-order valence-corrected chi connectivity index (χ2v) is 4.19. The predicted octanol–water partition coefficient (Wildman–Crippen LogP) is 3.31. The van der Waals surface area contributed by atoms with Gasteiger partial charge in [-0.2, -0.15) is 0 Å². The third-order valence-electron chi connectivity index (χ3n) is 2.71. The number of hydrogen-bond acceptors (Lipinski definition) is 3. The first-order chi connectivity index (χ1) is 8.97. The number of aryl methyl sites for hydroxylation is 2. The van der Waals surface area contributed by atoms with Crippen molar-refractivity contribution in [3.05, 3.63) is 52.7 Å². The van der Waals surface area contributed by atoms with Gasteiger partial charge in [-0.25, -0.2) is 9.18 Å². The van der Waals surface area contributed by atoms with E-state index in [1.807, 2.05) is 0 Å². The molecule has 1 aromatic carbocycles. The maximum atomic E-state index is 13.1. The van der Waals surface area contributed by atoms with E-state index in [1.54, 1.807) is 19.9 Å². The summed E-state index contributed by atoms with van der Waals surface area (Å²) in [7, 11) is 0. The van der Waals surface area contributed by atoms with E-state index in [2.05, 4.69) is 0 Å². The number of benzene rings is 1. The molecule has 0 radical (unpaired) electrons.